The fourth-order valence-electron chi connectivity index (χ4n) is 3.23. The molecule has 0 fully saturated rings. The molecule has 0 amide bonds. The largest absolute Gasteiger partial charge is 1.00 e. The maximum absolute atomic E-state index is 6.00. The molecule has 0 saturated heterocycles. The zero-order chi connectivity index (χ0) is 19.2. The van der Waals surface area contributed by atoms with E-state index in [1.54, 1.807) is 24.2 Å². The number of rotatable bonds is 6. The van der Waals surface area contributed by atoms with E-state index >= 15 is 0 Å². The Balaban J connectivity index is 0.00000111. The molecule has 0 spiro atoms. The van der Waals surface area contributed by atoms with Crippen LogP contribution in [0.5, 0.6) is 0 Å². The monoisotopic (exact) mass is 511 g/mol. The van der Waals surface area contributed by atoms with Gasteiger partial charge in [-0.3, -0.25) is 0 Å². The minimum atomic E-state index is -1.39. The minimum absolute atomic E-state index is 0. The third kappa shape index (κ3) is 9.09. The molecule has 1 atom stereocenters. The molecule has 1 aliphatic rings. The van der Waals surface area contributed by atoms with Crippen molar-refractivity contribution in [1.29, 1.82) is 0 Å². The van der Waals surface area contributed by atoms with Gasteiger partial charge in [0.15, 0.2) is 8.32 Å². The molecule has 0 aliphatic heterocycles. The predicted molar refractivity (Wildman–Crippen MR) is 113 cm³/mol. The molecule has 1 unspecified atom stereocenters. The van der Waals surface area contributed by atoms with Crippen LogP contribution in [0.1, 0.15) is 49.3 Å². The van der Waals surface area contributed by atoms with E-state index in [0.29, 0.717) is 5.92 Å². The fraction of sp³-hybridized carbons (Fsp3) is 0.391. The average molecular weight is 514 g/mol. The predicted octanol–water partition coefficient (Wildman–Crippen LogP) is 0.320. The minimum Gasteiger partial charge on any atom is -1.00 e. The summed E-state index contributed by atoms with van der Waals surface area (Å²) in [5.74, 6) is 0.443. The molecule has 1 aliphatic carbocycles. The molecular formula is C23H31Cl2OSiZr-. The molecule has 1 nitrogen and oxygen atoms in total. The Labute approximate surface area is 199 Å². The Bertz CT molecular complexity index is 744. The van der Waals surface area contributed by atoms with Crippen LogP contribution in [0, 0.1) is 0 Å². The van der Waals surface area contributed by atoms with E-state index in [9.17, 15) is 0 Å². The van der Waals surface area contributed by atoms with Crippen LogP contribution in [0.2, 0.25) is 19.6 Å². The zero-order valence-electron chi connectivity index (χ0n) is 17.6. The van der Waals surface area contributed by atoms with Gasteiger partial charge in [0.1, 0.15) is 0 Å². The summed E-state index contributed by atoms with van der Waals surface area (Å²) in [5, 5.41) is 0. The van der Waals surface area contributed by atoms with Gasteiger partial charge in [0.2, 0.25) is 0 Å². The van der Waals surface area contributed by atoms with Gasteiger partial charge in [-0.1, -0.05) is 35.9 Å². The van der Waals surface area contributed by atoms with Gasteiger partial charge in [0, 0.05) is 6.61 Å². The van der Waals surface area contributed by atoms with Crippen molar-refractivity contribution in [2.45, 2.75) is 52.2 Å². The first-order valence-corrected chi connectivity index (χ1v) is 14.1. The van der Waals surface area contributed by atoms with Crippen molar-refractivity contribution < 1.29 is 53.5 Å². The van der Waals surface area contributed by atoms with Gasteiger partial charge in [-0.05, 0) is 49.5 Å². The van der Waals surface area contributed by atoms with Crippen LogP contribution >= 0.6 is 0 Å². The Morgan fingerprint density at radius 1 is 1.04 bits per heavy atom. The Kier molecular flexibility index (Phi) is 13.1. The number of allylic oxidation sites excluding steroid dienone is 1. The van der Waals surface area contributed by atoms with Crippen LogP contribution in [0.3, 0.4) is 0 Å². The van der Waals surface area contributed by atoms with E-state index in [-0.39, 0.29) is 24.8 Å². The second-order valence-electron chi connectivity index (χ2n) is 8.06. The van der Waals surface area contributed by atoms with Gasteiger partial charge in [0.05, 0.1) is 0 Å². The summed E-state index contributed by atoms with van der Waals surface area (Å²) in [5.41, 5.74) is 5.79. The quantitative estimate of drug-likeness (QED) is 0.307. The molecule has 0 saturated carbocycles. The number of halogens is 2. The molecular weight excluding hydrogens is 482 g/mol. The third-order valence-corrected chi connectivity index (χ3v) is 5.26. The fourth-order valence-corrected chi connectivity index (χ4v) is 3.99. The number of hydrogen-bond acceptors (Lipinski definition) is 1. The summed E-state index contributed by atoms with van der Waals surface area (Å²) in [7, 11) is -1.39. The van der Waals surface area contributed by atoms with Crippen LogP contribution in [0.25, 0.3) is 6.08 Å². The van der Waals surface area contributed by atoms with Gasteiger partial charge < -0.3 is 29.2 Å². The number of fused-ring (bicyclic) bond motifs is 1. The van der Waals surface area contributed by atoms with Crippen LogP contribution < -0.4 is 24.8 Å². The second-order valence-corrected chi connectivity index (χ2v) is 15.0. The molecule has 0 N–H and O–H groups in total. The third-order valence-electron chi connectivity index (χ3n) is 4.19. The molecule has 0 bridgehead atoms. The van der Waals surface area contributed by atoms with Gasteiger partial charge in [-0.25, -0.2) is 12.1 Å². The summed E-state index contributed by atoms with van der Waals surface area (Å²) in [6.07, 6.45) is 4.62. The molecule has 5 heteroatoms. The van der Waals surface area contributed by atoms with Crippen molar-refractivity contribution in [3.63, 3.8) is 0 Å². The molecule has 0 aromatic heterocycles. The first-order chi connectivity index (χ1) is 12.3. The van der Waals surface area contributed by atoms with Crippen LogP contribution in [-0.2, 0) is 28.7 Å². The van der Waals surface area contributed by atoms with E-state index < -0.39 is 8.32 Å². The van der Waals surface area contributed by atoms with E-state index in [2.05, 4.69) is 88.1 Å². The van der Waals surface area contributed by atoms with E-state index in [4.69, 9.17) is 4.43 Å². The summed E-state index contributed by atoms with van der Waals surface area (Å²) in [6.45, 7) is 11.9. The van der Waals surface area contributed by atoms with Crippen LogP contribution in [0.15, 0.2) is 54.1 Å². The van der Waals surface area contributed by atoms with E-state index in [1.165, 1.54) is 25.5 Å². The van der Waals surface area contributed by atoms with Crippen molar-refractivity contribution in [3.05, 3.63) is 70.8 Å². The average Bonchev–Trinajstić information content (AvgIpc) is 3.16. The van der Waals surface area contributed by atoms with Crippen LogP contribution in [0.4, 0.5) is 0 Å². The Hall–Kier alpha value is -0.180. The number of benzene rings is 1. The SMILES string of the molecule is C[C](C)=[Zr+2].C[Si](C)(C)OCCCC1=Cc2ccccc2C1[c-]1cccc1.[Cl-].[Cl-]. The van der Waals surface area contributed by atoms with Gasteiger partial charge >= 0.3 is 41.3 Å². The van der Waals surface area contributed by atoms with Crippen molar-refractivity contribution >= 4 is 17.6 Å². The molecule has 3 rings (SSSR count). The van der Waals surface area contributed by atoms with E-state index in [1.807, 2.05) is 0 Å². The Morgan fingerprint density at radius 2 is 1.61 bits per heavy atom. The molecule has 0 heterocycles. The smallest absolute Gasteiger partial charge is 0.183 e. The number of hydrogen-bond donors (Lipinski definition) is 0. The van der Waals surface area contributed by atoms with Gasteiger partial charge in [-0.2, -0.15) is 12.1 Å². The van der Waals surface area contributed by atoms with Crippen molar-refractivity contribution in [3.8, 4) is 0 Å². The van der Waals surface area contributed by atoms with Crippen molar-refractivity contribution in [2.24, 2.45) is 0 Å². The summed E-state index contributed by atoms with van der Waals surface area (Å²) < 4.78 is 7.51. The molecule has 28 heavy (non-hydrogen) atoms. The topological polar surface area (TPSA) is 9.23 Å². The van der Waals surface area contributed by atoms with Gasteiger partial charge in [0.25, 0.3) is 0 Å². The van der Waals surface area contributed by atoms with E-state index in [0.717, 1.165) is 19.4 Å². The summed E-state index contributed by atoms with van der Waals surface area (Å²) >= 11 is 1.55. The van der Waals surface area contributed by atoms with Crippen LogP contribution in [-0.4, -0.2) is 18.1 Å². The molecule has 152 valence electrons. The first-order valence-electron chi connectivity index (χ1n) is 9.44. The summed E-state index contributed by atoms with van der Waals surface area (Å²) in [4.78, 5) is 0. The zero-order valence-corrected chi connectivity index (χ0v) is 22.5. The molecule has 2 aromatic carbocycles. The van der Waals surface area contributed by atoms with Gasteiger partial charge in [-0.15, -0.1) is 5.56 Å². The van der Waals surface area contributed by atoms with Crippen molar-refractivity contribution in [1.82, 2.24) is 0 Å². The molecule has 0 radical (unpaired) electrons. The first kappa shape index (κ1) is 27.8. The molecule has 2 aromatic rings. The standard InChI is InChI=1S/C20H25OSi.C3H6.2ClH.Zr/c1-22(2,3)21-14-8-12-18-15-17-11-6-7-13-19(17)20(18)16-9-4-5-10-16;1-3-2;;;/h4-7,9-11,13,15,20H,8,12,14H2,1-3H3;1-2H3;2*1H;/q-1;;;;+2/p-2. The van der Waals surface area contributed by atoms with Crippen molar-refractivity contribution in [2.75, 3.05) is 6.61 Å². The normalized spacial score (nSPS) is 14.7. The maximum atomic E-state index is 6.00. The summed E-state index contributed by atoms with van der Waals surface area (Å²) in [6, 6.07) is 17.6. The second kappa shape index (κ2) is 13.2. The maximum Gasteiger partial charge on any atom is 0.183 e. The Morgan fingerprint density at radius 3 is 2.18 bits per heavy atom.